The zero-order valence-electron chi connectivity index (χ0n) is 15.9. The number of hydrogen-bond acceptors (Lipinski definition) is 4. The van der Waals surface area contributed by atoms with Crippen LogP contribution in [-0.2, 0) is 4.74 Å². The average molecular weight is 397 g/mol. The van der Waals surface area contributed by atoms with Crippen LogP contribution in [-0.4, -0.2) is 24.2 Å². The van der Waals surface area contributed by atoms with E-state index in [1.165, 1.54) is 6.20 Å². The maximum Gasteiger partial charge on any atom is 0.407 e. The van der Waals surface area contributed by atoms with Gasteiger partial charge in [0.1, 0.15) is 12.7 Å². The smallest absolute Gasteiger partial charge is 0.407 e. The molecule has 4 rings (SSSR count). The number of carbonyl (C=O) groups is 1. The first-order chi connectivity index (χ1) is 14.7. The maximum atomic E-state index is 13.5. The lowest BCUT2D eigenvalue weighted by Crippen LogP contribution is -2.26. The Kier molecular flexibility index (Phi) is 5.41. The van der Waals surface area contributed by atoms with Crippen LogP contribution in [0.5, 0.6) is 0 Å². The minimum Gasteiger partial charge on any atom is -0.449 e. The quantitative estimate of drug-likeness (QED) is 0.679. The summed E-state index contributed by atoms with van der Waals surface area (Å²) in [5, 5.41) is 11.2. The topological polar surface area (TPSA) is 75.0 Å². The van der Waals surface area contributed by atoms with Crippen molar-refractivity contribution in [3.8, 4) is 29.0 Å². The molecule has 6 heteroatoms. The van der Waals surface area contributed by atoms with Crippen LogP contribution in [0.25, 0.3) is 11.1 Å². The molecule has 0 saturated carbocycles. The summed E-state index contributed by atoms with van der Waals surface area (Å²) < 4.78 is 18.9. The van der Waals surface area contributed by atoms with Crippen molar-refractivity contribution in [3.05, 3.63) is 89.0 Å². The van der Waals surface area contributed by atoms with Gasteiger partial charge in [-0.2, -0.15) is 5.26 Å². The number of carbonyl (C=O) groups excluding carboxylic acids is 1. The molecule has 0 saturated heterocycles. The average Bonchev–Trinajstić information content (AvgIpc) is 3.09. The summed E-state index contributed by atoms with van der Waals surface area (Å²) in [6, 6.07) is 19.0. The monoisotopic (exact) mass is 397 g/mol. The summed E-state index contributed by atoms with van der Waals surface area (Å²) in [4.78, 5) is 15.7. The fraction of sp³-hybridized carbons (Fsp3) is 0.125. The molecule has 1 aliphatic carbocycles. The molecule has 0 fully saturated rings. The highest BCUT2D eigenvalue weighted by molar-refractivity contribution is 5.79. The zero-order valence-corrected chi connectivity index (χ0v) is 15.9. The van der Waals surface area contributed by atoms with E-state index in [9.17, 15) is 9.18 Å². The van der Waals surface area contributed by atoms with E-state index in [0.717, 1.165) is 28.3 Å². The summed E-state index contributed by atoms with van der Waals surface area (Å²) >= 11 is 0. The van der Waals surface area contributed by atoms with Gasteiger partial charge in [0, 0.05) is 17.7 Å². The van der Waals surface area contributed by atoms with Crippen LogP contribution in [0.4, 0.5) is 9.18 Å². The number of aromatic nitrogens is 1. The summed E-state index contributed by atoms with van der Waals surface area (Å²) in [5.74, 6) is 4.65. The van der Waals surface area contributed by atoms with E-state index >= 15 is 0 Å². The largest absolute Gasteiger partial charge is 0.449 e. The molecule has 146 valence electrons. The molecular formula is C24H16FN3O2. The van der Waals surface area contributed by atoms with Gasteiger partial charge in [0.05, 0.1) is 6.54 Å². The van der Waals surface area contributed by atoms with E-state index in [1.54, 1.807) is 6.07 Å². The third kappa shape index (κ3) is 3.85. The molecule has 0 unspecified atom stereocenters. The molecule has 1 aliphatic rings. The van der Waals surface area contributed by atoms with Crippen molar-refractivity contribution in [2.45, 2.75) is 5.92 Å². The Morgan fingerprint density at radius 2 is 1.80 bits per heavy atom. The predicted molar refractivity (Wildman–Crippen MR) is 109 cm³/mol. The van der Waals surface area contributed by atoms with Gasteiger partial charge in [0.2, 0.25) is 0 Å². The van der Waals surface area contributed by atoms with Gasteiger partial charge >= 0.3 is 6.09 Å². The molecule has 3 aromatic rings. The number of benzene rings is 2. The van der Waals surface area contributed by atoms with Gasteiger partial charge in [-0.15, -0.1) is 0 Å². The predicted octanol–water partition coefficient (Wildman–Crippen LogP) is 3.98. The standard InChI is InChI=1S/C24H16FN3O2/c25-22-12-16(14-28-23(22)13-26)6-5-11-27-24(29)30-15-21-19-9-3-1-7-17(19)18-8-2-4-10-20(18)21/h1-4,7-10,12,14,21H,11,15H2,(H,27,29). The van der Waals surface area contributed by atoms with Crippen molar-refractivity contribution in [2.24, 2.45) is 0 Å². The van der Waals surface area contributed by atoms with Crippen LogP contribution in [0.1, 0.15) is 28.3 Å². The Labute approximate surface area is 173 Å². The summed E-state index contributed by atoms with van der Waals surface area (Å²) in [5.41, 5.74) is 4.65. The number of nitrogens with zero attached hydrogens (tertiary/aromatic N) is 2. The Balaban J connectivity index is 1.34. The Hall–Kier alpha value is -4.16. The van der Waals surface area contributed by atoms with E-state index in [1.807, 2.05) is 24.3 Å². The number of alkyl carbamates (subject to hydrolysis) is 1. The molecule has 1 aromatic heterocycles. The lowest BCUT2D eigenvalue weighted by molar-refractivity contribution is 0.144. The Bertz CT molecular complexity index is 1180. The molecule has 0 spiro atoms. The highest BCUT2D eigenvalue weighted by Crippen LogP contribution is 2.44. The highest BCUT2D eigenvalue weighted by atomic mass is 19.1. The lowest BCUT2D eigenvalue weighted by Gasteiger charge is -2.14. The number of halogens is 1. The maximum absolute atomic E-state index is 13.5. The fourth-order valence-electron chi connectivity index (χ4n) is 3.50. The van der Waals surface area contributed by atoms with Crippen molar-refractivity contribution in [1.29, 1.82) is 5.26 Å². The number of pyridine rings is 1. The van der Waals surface area contributed by atoms with E-state index in [0.29, 0.717) is 5.56 Å². The molecule has 0 aliphatic heterocycles. The Morgan fingerprint density at radius 1 is 1.13 bits per heavy atom. The van der Waals surface area contributed by atoms with Crippen molar-refractivity contribution in [1.82, 2.24) is 10.3 Å². The normalized spacial score (nSPS) is 11.5. The van der Waals surface area contributed by atoms with E-state index in [4.69, 9.17) is 10.00 Å². The van der Waals surface area contributed by atoms with Crippen molar-refractivity contribution < 1.29 is 13.9 Å². The zero-order chi connectivity index (χ0) is 20.9. The van der Waals surface area contributed by atoms with Crippen LogP contribution in [0.15, 0.2) is 60.8 Å². The first-order valence-corrected chi connectivity index (χ1v) is 9.30. The number of ether oxygens (including phenoxy) is 1. The fourth-order valence-corrected chi connectivity index (χ4v) is 3.50. The molecule has 0 atom stereocenters. The SMILES string of the molecule is N#Cc1ncc(C#CCNC(=O)OCC2c3ccccc3-c3ccccc32)cc1F. The van der Waals surface area contributed by atoms with E-state index in [-0.39, 0.29) is 24.8 Å². The molecule has 0 bridgehead atoms. The second kappa shape index (κ2) is 8.46. The number of fused-ring (bicyclic) bond motifs is 3. The number of amides is 1. The molecule has 0 radical (unpaired) electrons. The summed E-state index contributed by atoms with van der Waals surface area (Å²) in [7, 11) is 0. The van der Waals surface area contributed by atoms with Crippen molar-refractivity contribution in [2.75, 3.05) is 13.2 Å². The van der Waals surface area contributed by atoms with Crippen LogP contribution in [0.2, 0.25) is 0 Å². The highest BCUT2D eigenvalue weighted by Gasteiger charge is 2.28. The second-order valence-electron chi connectivity index (χ2n) is 6.65. The van der Waals surface area contributed by atoms with Crippen LogP contribution < -0.4 is 5.32 Å². The molecule has 5 nitrogen and oxygen atoms in total. The first-order valence-electron chi connectivity index (χ1n) is 9.30. The summed E-state index contributed by atoms with van der Waals surface area (Å²) in [6.45, 7) is 0.260. The van der Waals surface area contributed by atoms with Gasteiger partial charge in [-0.05, 0) is 28.3 Å². The molecule has 1 N–H and O–H groups in total. The minimum absolute atomic E-state index is 0.0121. The van der Waals surface area contributed by atoms with Crippen LogP contribution >= 0.6 is 0 Å². The van der Waals surface area contributed by atoms with Gasteiger partial charge < -0.3 is 10.1 Å². The minimum atomic E-state index is -0.728. The van der Waals surface area contributed by atoms with Gasteiger partial charge in [0.25, 0.3) is 0 Å². The van der Waals surface area contributed by atoms with E-state index < -0.39 is 11.9 Å². The van der Waals surface area contributed by atoms with E-state index in [2.05, 4.69) is 46.4 Å². The first kappa shape index (κ1) is 19.2. The van der Waals surface area contributed by atoms with Gasteiger partial charge in [-0.1, -0.05) is 60.4 Å². The van der Waals surface area contributed by atoms with Gasteiger partial charge in [-0.3, -0.25) is 0 Å². The lowest BCUT2D eigenvalue weighted by atomic mass is 9.98. The molecule has 1 amide bonds. The van der Waals surface area contributed by atoms with Gasteiger partial charge in [-0.25, -0.2) is 14.2 Å². The molecule has 2 aromatic carbocycles. The third-order valence-electron chi connectivity index (χ3n) is 4.84. The molecule has 30 heavy (non-hydrogen) atoms. The number of rotatable bonds is 3. The van der Waals surface area contributed by atoms with Crippen molar-refractivity contribution in [3.63, 3.8) is 0 Å². The molecular weight excluding hydrogens is 381 g/mol. The van der Waals surface area contributed by atoms with Gasteiger partial charge in [0.15, 0.2) is 11.5 Å². The number of nitriles is 1. The number of nitrogens with one attached hydrogen (secondary N) is 1. The third-order valence-corrected chi connectivity index (χ3v) is 4.84. The Morgan fingerprint density at radius 3 is 2.43 bits per heavy atom. The summed E-state index contributed by atoms with van der Waals surface area (Å²) in [6.07, 6.45) is 0.734. The second-order valence-corrected chi connectivity index (χ2v) is 6.65. The molecule has 1 heterocycles. The van der Waals surface area contributed by atoms with Crippen LogP contribution in [0, 0.1) is 29.0 Å². The number of hydrogen-bond donors (Lipinski definition) is 1. The van der Waals surface area contributed by atoms with Crippen molar-refractivity contribution >= 4 is 6.09 Å². The van der Waals surface area contributed by atoms with Crippen LogP contribution in [0.3, 0.4) is 0 Å².